The highest BCUT2D eigenvalue weighted by atomic mass is 35.5. The highest BCUT2D eigenvalue weighted by Crippen LogP contribution is 2.15. The van der Waals surface area contributed by atoms with Crippen molar-refractivity contribution in [2.75, 3.05) is 14.1 Å². The SMILES string of the molecule is CN(C)S(=O)(=O)c1cccc(CNC(=O)c2cc(Cl)c[nH]c2=N)c1.Cl. The number of benzene rings is 1. The molecule has 2 rings (SSSR count). The molecule has 7 nitrogen and oxygen atoms in total. The van der Waals surface area contributed by atoms with Gasteiger partial charge in [-0.05, 0) is 23.8 Å². The fourth-order valence-corrected chi connectivity index (χ4v) is 3.09. The first-order valence-electron chi connectivity index (χ1n) is 6.94. The molecule has 25 heavy (non-hydrogen) atoms. The molecule has 0 saturated carbocycles. The number of amides is 1. The van der Waals surface area contributed by atoms with Gasteiger partial charge in [-0.2, -0.15) is 0 Å². The van der Waals surface area contributed by atoms with Gasteiger partial charge in [0.1, 0.15) is 5.49 Å². The minimum Gasteiger partial charge on any atom is -0.348 e. The number of nitrogens with zero attached hydrogens (tertiary/aromatic N) is 1. The van der Waals surface area contributed by atoms with Crippen LogP contribution >= 0.6 is 24.0 Å². The van der Waals surface area contributed by atoms with Crippen LogP contribution in [-0.2, 0) is 16.6 Å². The highest BCUT2D eigenvalue weighted by molar-refractivity contribution is 7.89. The van der Waals surface area contributed by atoms with E-state index in [2.05, 4.69) is 10.3 Å². The largest absolute Gasteiger partial charge is 0.348 e. The Kier molecular flexibility index (Phi) is 7.18. The van der Waals surface area contributed by atoms with Gasteiger partial charge in [-0.1, -0.05) is 23.7 Å². The van der Waals surface area contributed by atoms with E-state index < -0.39 is 15.9 Å². The van der Waals surface area contributed by atoms with Crippen molar-refractivity contribution in [3.8, 4) is 0 Å². The maximum atomic E-state index is 12.1. The first-order valence-corrected chi connectivity index (χ1v) is 8.76. The zero-order chi connectivity index (χ0) is 17.9. The van der Waals surface area contributed by atoms with Gasteiger partial charge < -0.3 is 10.3 Å². The molecular formula is C15H18Cl2N4O3S. The van der Waals surface area contributed by atoms with Gasteiger partial charge >= 0.3 is 0 Å². The van der Waals surface area contributed by atoms with Crippen molar-refractivity contribution in [1.82, 2.24) is 14.6 Å². The zero-order valence-corrected chi connectivity index (χ0v) is 15.9. The smallest absolute Gasteiger partial charge is 0.255 e. The molecular weight excluding hydrogens is 387 g/mol. The van der Waals surface area contributed by atoms with Crippen LogP contribution in [-0.4, -0.2) is 37.7 Å². The standard InChI is InChI=1S/C15H17ClN4O3S.ClH/c1-20(2)24(22,23)12-5-3-4-10(6-12)8-19-15(21)13-7-11(16)9-18-14(13)17;/h3-7,9H,8H2,1-2H3,(H2,17,18)(H,19,21);1H. The van der Waals surface area contributed by atoms with Crippen LogP contribution in [0, 0.1) is 5.41 Å². The maximum Gasteiger partial charge on any atom is 0.255 e. The summed E-state index contributed by atoms with van der Waals surface area (Å²) < 4.78 is 25.4. The first-order chi connectivity index (χ1) is 11.2. The Bertz CT molecular complexity index is 926. The lowest BCUT2D eigenvalue weighted by Crippen LogP contribution is -2.29. The van der Waals surface area contributed by atoms with Crippen molar-refractivity contribution in [2.45, 2.75) is 11.4 Å². The number of hydrogen-bond donors (Lipinski definition) is 3. The number of carbonyl (C=O) groups excluding carboxylic acids is 1. The molecule has 3 N–H and O–H groups in total. The van der Waals surface area contributed by atoms with Gasteiger partial charge in [0, 0.05) is 26.8 Å². The van der Waals surface area contributed by atoms with Crippen LogP contribution in [0.15, 0.2) is 41.4 Å². The Balaban J connectivity index is 0.00000312. The second kappa shape index (κ2) is 8.48. The molecule has 0 aliphatic carbocycles. The van der Waals surface area contributed by atoms with E-state index in [1.54, 1.807) is 12.1 Å². The van der Waals surface area contributed by atoms with E-state index in [1.165, 1.54) is 38.5 Å². The van der Waals surface area contributed by atoms with E-state index >= 15 is 0 Å². The Morgan fingerprint density at radius 3 is 2.64 bits per heavy atom. The molecule has 10 heteroatoms. The number of pyridine rings is 1. The zero-order valence-electron chi connectivity index (χ0n) is 13.5. The molecule has 0 saturated heterocycles. The summed E-state index contributed by atoms with van der Waals surface area (Å²) in [4.78, 5) is 14.9. The molecule has 0 fully saturated rings. The van der Waals surface area contributed by atoms with E-state index in [9.17, 15) is 13.2 Å². The van der Waals surface area contributed by atoms with Crippen LogP contribution in [0.5, 0.6) is 0 Å². The second-order valence-electron chi connectivity index (χ2n) is 5.22. The summed E-state index contributed by atoms with van der Waals surface area (Å²) in [5.41, 5.74) is 0.684. The minimum atomic E-state index is -3.53. The lowest BCUT2D eigenvalue weighted by atomic mass is 10.2. The number of sulfonamides is 1. The molecule has 1 heterocycles. The van der Waals surface area contributed by atoms with Gasteiger partial charge in [0.05, 0.1) is 15.5 Å². The summed E-state index contributed by atoms with van der Waals surface area (Å²) in [5, 5.41) is 10.6. The van der Waals surface area contributed by atoms with Gasteiger partial charge in [-0.15, -0.1) is 12.4 Å². The molecule has 0 bridgehead atoms. The lowest BCUT2D eigenvalue weighted by Gasteiger charge is -2.12. The fourth-order valence-electron chi connectivity index (χ4n) is 1.95. The van der Waals surface area contributed by atoms with Gasteiger partial charge in [-0.25, -0.2) is 12.7 Å². The quantitative estimate of drug-likeness (QED) is 0.706. The summed E-state index contributed by atoms with van der Waals surface area (Å²) in [5.74, 6) is -0.473. The van der Waals surface area contributed by atoms with Crippen LogP contribution in [0.3, 0.4) is 0 Å². The molecule has 0 spiro atoms. The highest BCUT2D eigenvalue weighted by Gasteiger charge is 2.17. The molecule has 0 radical (unpaired) electrons. The lowest BCUT2D eigenvalue weighted by molar-refractivity contribution is 0.0949. The number of aromatic amines is 1. The Hall–Kier alpha value is -1.87. The third-order valence-electron chi connectivity index (χ3n) is 3.28. The van der Waals surface area contributed by atoms with Gasteiger partial charge in [-0.3, -0.25) is 10.2 Å². The van der Waals surface area contributed by atoms with Crippen LogP contribution in [0.1, 0.15) is 15.9 Å². The van der Waals surface area contributed by atoms with Crippen LogP contribution in [0.25, 0.3) is 0 Å². The number of hydrogen-bond acceptors (Lipinski definition) is 4. The van der Waals surface area contributed by atoms with Gasteiger partial charge in [0.15, 0.2) is 0 Å². The average Bonchev–Trinajstić information content (AvgIpc) is 2.55. The Morgan fingerprint density at radius 1 is 1.32 bits per heavy atom. The van der Waals surface area contributed by atoms with Gasteiger partial charge in [0.2, 0.25) is 10.0 Å². The second-order valence-corrected chi connectivity index (χ2v) is 7.81. The van der Waals surface area contributed by atoms with Crippen molar-refractivity contribution in [3.63, 3.8) is 0 Å². The van der Waals surface area contributed by atoms with Gasteiger partial charge in [0.25, 0.3) is 5.91 Å². The van der Waals surface area contributed by atoms with Crippen molar-refractivity contribution in [1.29, 1.82) is 5.41 Å². The number of carbonyl (C=O) groups is 1. The molecule has 1 aromatic carbocycles. The molecule has 2 aromatic rings. The van der Waals surface area contributed by atoms with Crippen molar-refractivity contribution in [2.24, 2.45) is 0 Å². The number of H-pyrrole nitrogens is 1. The number of nitrogens with one attached hydrogen (secondary N) is 3. The van der Waals surface area contributed by atoms with E-state index in [4.69, 9.17) is 17.0 Å². The molecule has 0 atom stereocenters. The van der Waals surface area contributed by atoms with Crippen molar-refractivity contribution < 1.29 is 13.2 Å². The van der Waals surface area contributed by atoms with E-state index in [0.29, 0.717) is 10.6 Å². The minimum absolute atomic E-state index is 0. The molecule has 136 valence electrons. The topological polar surface area (TPSA) is 106 Å². The van der Waals surface area contributed by atoms with E-state index in [-0.39, 0.29) is 34.9 Å². The molecule has 0 aliphatic heterocycles. The number of rotatable bonds is 5. The summed E-state index contributed by atoms with van der Waals surface area (Å²) in [7, 11) is -0.627. The maximum absolute atomic E-state index is 12.1. The van der Waals surface area contributed by atoms with Crippen molar-refractivity contribution >= 4 is 39.9 Å². The molecule has 0 aliphatic rings. The predicted octanol–water partition coefficient (Wildman–Crippen LogP) is 1.75. The average molecular weight is 405 g/mol. The molecule has 1 aromatic heterocycles. The molecule has 1 amide bonds. The summed E-state index contributed by atoms with van der Waals surface area (Å²) in [6, 6.07) is 7.71. The van der Waals surface area contributed by atoms with Crippen LogP contribution in [0.2, 0.25) is 5.02 Å². The number of halogens is 2. The summed E-state index contributed by atoms with van der Waals surface area (Å²) >= 11 is 5.81. The Morgan fingerprint density at radius 2 is 2.00 bits per heavy atom. The number of aromatic nitrogens is 1. The Labute approximate surface area is 157 Å². The fraction of sp³-hybridized carbons (Fsp3) is 0.200. The van der Waals surface area contributed by atoms with Crippen molar-refractivity contribution in [3.05, 3.63) is 58.2 Å². The first kappa shape index (κ1) is 21.2. The predicted molar refractivity (Wildman–Crippen MR) is 97.4 cm³/mol. The molecule has 0 unspecified atom stereocenters. The summed E-state index contributed by atoms with van der Waals surface area (Å²) in [6.07, 6.45) is 1.41. The summed E-state index contributed by atoms with van der Waals surface area (Å²) in [6.45, 7) is 0.127. The third-order valence-corrected chi connectivity index (χ3v) is 5.31. The van der Waals surface area contributed by atoms with Crippen LogP contribution in [0.4, 0.5) is 0 Å². The van der Waals surface area contributed by atoms with E-state index in [0.717, 1.165) is 4.31 Å². The normalized spacial score (nSPS) is 11.0. The van der Waals surface area contributed by atoms with Crippen LogP contribution < -0.4 is 10.8 Å². The third kappa shape index (κ3) is 5.05. The van der Waals surface area contributed by atoms with E-state index in [1.807, 2.05) is 0 Å². The monoisotopic (exact) mass is 404 g/mol.